The predicted octanol–water partition coefficient (Wildman–Crippen LogP) is 2.56. The minimum absolute atomic E-state index is 0.842. The molecule has 1 saturated heterocycles. The molecule has 5 heteroatoms. The van der Waals surface area contributed by atoms with Crippen molar-refractivity contribution in [1.82, 2.24) is 14.9 Å². The van der Waals surface area contributed by atoms with E-state index in [0.717, 1.165) is 43.1 Å². The van der Waals surface area contributed by atoms with E-state index in [-0.39, 0.29) is 0 Å². The van der Waals surface area contributed by atoms with Crippen molar-refractivity contribution in [3.63, 3.8) is 0 Å². The van der Waals surface area contributed by atoms with Crippen LogP contribution in [0.15, 0.2) is 47.3 Å². The zero-order chi connectivity index (χ0) is 13.8. The van der Waals surface area contributed by atoms with Gasteiger partial charge in [-0.25, -0.2) is 9.97 Å². The van der Waals surface area contributed by atoms with E-state index in [1.165, 1.54) is 5.56 Å². The quantitative estimate of drug-likeness (QED) is 0.808. The molecular formula is C15H17BrN4. The first kappa shape index (κ1) is 13.5. The van der Waals surface area contributed by atoms with Crippen LogP contribution in [0.5, 0.6) is 0 Å². The average Bonchev–Trinajstić information content (AvgIpc) is 2.49. The maximum absolute atomic E-state index is 4.34. The highest BCUT2D eigenvalue weighted by molar-refractivity contribution is 9.10. The van der Waals surface area contributed by atoms with Gasteiger partial charge in [0.25, 0.3) is 0 Å². The monoisotopic (exact) mass is 332 g/mol. The number of hydrogen-bond donors (Lipinski definition) is 0. The molecule has 0 unspecified atom stereocenters. The van der Waals surface area contributed by atoms with Gasteiger partial charge in [-0.3, -0.25) is 4.90 Å². The Kier molecular flexibility index (Phi) is 4.28. The van der Waals surface area contributed by atoms with Gasteiger partial charge in [0.15, 0.2) is 0 Å². The fraction of sp³-hybridized carbons (Fsp3) is 0.333. The molecule has 0 radical (unpaired) electrons. The first-order chi connectivity index (χ1) is 9.81. The number of hydrogen-bond acceptors (Lipinski definition) is 4. The van der Waals surface area contributed by atoms with Crippen molar-refractivity contribution in [3.8, 4) is 0 Å². The van der Waals surface area contributed by atoms with Crippen molar-refractivity contribution in [2.24, 2.45) is 0 Å². The Balaban J connectivity index is 1.57. The summed E-state index contributed by atoms with van der Waals surface area (Å²) in [7, 11) is 0. The summed E-state index contributed by atoms with van der Waals surface area (Å²) >= 11 is 3.40. The first-order valence-corrected chi connectivity index (χ1v) is 7.59. The largest absolute Gasteiger partial charge is 0.354 e. The molecule has 1 aliphatic heterocycles. The Bertz CT molecular complexity index is 553. The van der Waals surface area contributed by atoms with Crippen LogP contribution in [0.25, 0.3) is 0 Å². The number of benzene rings is 1. The summed E-state index contributed by atoms with van der Waals surface area (Å²) in [6.45, 7) is 5.18. The molecule has 0 bridgehead atoms. The lowest BCUT2D eigenvalue weighted by Gasteiger charge is -2.35. The molecule has 104 valence electrons. The third kappa shape index (κ3) is 3.35. The molecule has 0 saturated carbocycles. The molecule has 0 N–H and O–H groups in total. The number of aromatic nitrogens is 2. The SMILES string of the molecule is Brc1cc(N2CCN(Cc3ccccc3)CC2)ncn1. The van der Waals surface area contributed by atoms with Crippen molar-refractivity contribution < 1.29 is 0 Å². The van der Waals surface area contributed by atoms with Crippen molar-refractivity contribution in [2.45, 2.75) is 6.54 Å². The van der Waals surface area contributed by atoms with Crippen LogP contribution in [0.1, 0.15) is 5.56 Å². The predicted molar refractivity (Wildman–Crippen MR) is 83.7 cm³/mol. The number of nitrogens with zero attached hydrogens (tertiary/aromatic N) is 4. The molecule has 1 aromatic carbocycles. The van der Waals surface area contributed by atoms with Crippen LogP contribution < -0.4 is 4.90 Å². The van der Waals surface area contributed by atoms with Crippen LogP contribution in [0.3, 0.4) is 0 Å². The molecule has 1 aromatic heterocycles. The summed E-state index contributed by atoms with van der Waals surface area (Å²) in [6.07, 6.45) is 1.61. The van der Waals surface area contributed by atoms with E-state index in [9.17, 15) is 0 Å². The van der Waals surface area contributed by atoms with E-state index < -0.39 is 0 Å². The van der Waals surface area contributed by atoms with E-state index in [2.05, 4.69) is 66.0 Å². The second kappa shape index (κ2) is 6.33. The van der Waals surface area contributed by atoms with Crippen LogP contribution in [-0.4, -0.2) is 41.0 Å². The topological polar surface area (TPSA) is 32.3 Å². The zero-order valence-electron chi connectivity index (χ0n) is 11.2. The van der Waals surface area contributed by atoms with Gasteiger partial charge in [0.1, 0.15) is 16.7 Å². The zero-order valence-corrected chi connectivity index (χ0v) is 12.8. The van der Waals surface area contributed by atoms with Crippen molar-refractivity contribution >= 4 is 21.7 Å². The van der Waals surface area contributed by atoms with Crippen molar-refractivity contribution in [3.05, 3.63) is 52.9 Å². The highest BCUT2D eigenvalue weighted by atomic mass is 79.9. The minimum atomic E-state index is 0.842. The summed E-state index contributed by atoms with van der Waals surface area (Å²) in [5, 5.41) is 0. The van der Waals surface area contributed by atoms with Gasteiger partial charge in [-0.2, -0.15) is 0 Å². The summed E-state index contributed by atoms with van der Waals surface area (Å²) in [5.41, 5.74) is 1.38. The molecule has 0 atom stereocenters. The summed E-state index contributed by atoms with van der Waals surface area (Å²) < 4.78 is 0.842. The molecule has 0 amide bonds. The van der Waals surface area contributed by atoms with Crippen molar-refractivity contribution in [2.75, 3.05) is 31.1 Å². The second-order valence-electron chi connectivity index (χ2n) is 4.95. The Morgan fingerprint density at radius 3 is 2.45 bits per heavy atom. The van der Waals surface area contributed by atoms with E-state index >= 15 is 0 Å². The summed E-state index contributed by atoms with van der Waals surface area (Å²) in [5.74, 6) is 1.01. The lowest BCUT2D eigenvalue weighted by molar-refractivity contribution is 0.249. The van der Waals surface area contributed by atoms with Gasteiger partial charge in [-0.1, -0.05) is 30.3 Å². The molecule has 0 spiro atoms. The molecule has 2 heterocycles. The van der Waals surface area contributed by atoms with Crippen LogP contribution >= 0.6 is 15.9 Å². The van der Waals surface area contributed by atoms with E-state index in [0.29, 0.717) is 0 Å². The van der Waals surface area contributed by atoms with Gasteiger partial charge >= 0.3 is 0 Å². The molecule has 2 aromatic rings. The normalized spacial score (nSPS) is 16.4. The van der Waals surface area contributed by atoms with Gasteiger partial charge in [-0.15, -0.1) is 0 Å². The van der Waals surface area contributed by atoms with Gasteiger partial charge < -0.3 is 4.90 Å². The first-order valence-electron chi connectivity index (χ1n) is 6.80. The smallest absolute Gasteiger partial charge is 0.133 e. The summed E-state index contributed by atoms with van der Waals surface area (Å²) in [6, 6.07) is 12.6. The molecule has 0 aliphatic carbocycles. The van der Waals surface area contributed by atoms with Gasteiger partial charge in [-0.05, 0) is 21.5 Å². The lowest BCUT2D eigenvalue weighted by atomic mass is 10.2. The third-order valence-corrected chi connectivity index (χ3v) is 4.00. The number of halogens is 1. The highest BCUT2D eigenvalue weighted by Crippen LogP contribution is 2.17. The number of rotatable bonds is 3. The van der Waals surface area contributed by atoms with Gasteiger partial charge in [0.05, 0.1) is 0 Å². The molecule has 1 fully saturated rings. The van der Waals surface area contributed by atoms with Crippen LogP contribution in [-0.2, 0) is 6.54 Å². The summed E-state index contributed by atoms with van der Waals surface area (Å²) in [4.78, 5) is 13.2. The van der Waals surface area contributed by atoms with Crippen LogP contribution in [0, 0.1) is 0 Å². The number of piperazine rings is 1. The minimum Gasteiger partial charge on any atom is -0.354 e. The Labute approximate surface area is 127 Å². The highest BCUT2D eigenvalue weighted by Gasteiger charge is 2.18. The van der Waals surface area contributed by atoms with E-state index in [1.807, 2.05) is 6.07 Å². The van der Waals surface area contributed by atoms with E-state index in [4.69, 9.17) is 0 Å². The Hall–Kier alpha value is -1.46. The fourth-order valence-electron chi connectivity index (χ4n) is 2.47. The molecule has 3 rings (SSSR count). The van der Waals surface area contributed by atoms with Crippen LogP contribution in [0.4, 0.5) is 5.82 Å². The third-order valence-electron chi connectivity index (χ3n) is 3.56. The molecular weight excluding hydrogens is 316 g/mol. The van der Waals surface area contributed by atoms with Crippen molar-refractivity contribution in [1.29, 1.82) is 0 Å². The molecule has 1 aliphatic rings. The average molecular weight is 333 g/mol. The standard InChI is InChI=1S/C15H17BrN4/c16-14-10-15(18-12-17-14)20-8-6-19(7-9-20)11-13-4-2-1-3-5-13/h1-5,10,12H,6-9,11H2. The number of anilines is 1. The molecule has 20 heavy (non-hydrogen) atoms. The Morgan fingerprint density at radius 2 is 1.75 bits per heavy atom. The van der Waals surface area contributed by atoms with Gasteiger partial charge in [0.2, 0.25) is 0 Å². The Morgan fingerprint density at radius 1 is 1.00 bits per heavy atom. The van der Waals surface area contributed by atoms with Crippen LogP contribution in [0.2, 0.25) is 0 Å². The fourth-order valence-corrected chi connectivity index (χ4v) is 2.77. The lowest BCUT2D eigenvalue weighted by Crippen LogP contribution is -2.46. The van der Waals surface area contributed by atoms with Gasteiger partial charge in [0, 0.05) is 38.8 Å². The van der Waals surface area contributed by atoms with E-state index in [1.54, 1.807) is 6.33 Å². The maximum Gasteiger partial charge on any atom is 0.133 e. The molecule has 4 nitrogen and oxygen atoms in total. The maximum atomic E-state index is 4.34. The second-order valence-corrected chi connectivity index (χ2v) is 5.76.